The quantitative estimate of drug-likeness (QED) is 0.134. The molecular formula is C45H41F6N5O5. The number of methoxy groups -OCH3 is 1. The van der Waals surface area contributed by atoms with Crippen molar-refractivity contribution in [3.63, 3.8) is 0 Å². The predicted octanol–water partition coefficient (Wildman–Crippen LogP) is 8.26. The first-order valence-electron chi connectivity index (χ1n) is 18.5. The summed E-state index contributed by atoms with van der Waals surface area (Å²) in [6.45, 7) is 3.59. The van der Waals surface area contributed by atoms with E-state index in [2.05, 4.69) is 10.6 Å². The van der Waals surface area contributed by atoms with E-state index in [4.69, 9.17) is 4.74 Å². The van der Waals surface area contributed by atoms with Gasteiger partial charge in [-0.25, -0.2) is 0 Å². The van der Waals surface area contributed by atoms with Crippen LogP contribution in [0.25, 0.3) is 11.4 Å². The standard InChI is InChI=1S/C23H22F3N3O2.C22H19F3N2O3/c1-15-6-9-17(23(24,25)26)13-20(15)29-12-4-5-19(22(29)31)21(30)27-14-16-7-10-18(11-8-16)28(2)3;1-14-5-8-16(22(23,24)25)12-19(14)27-11-3-4-18(21(27)29)20(28)26-13-15-6-9-17(30-2)10-7-15/h4-13H,14H2,1-3H3,(H,27,30);3-12H,13H2,1-2H3,(H,26,28). The molecule has 2 aromatic heterocycles. The summed E-state index contributed by atoms with van der Waals surface area (Å²) in [5, 5.41) is 5.34. The van der Waals surface area contributed by atoms with Crippen LogP contribution in [0.2, 0.25) is 0 Å². The fraction of sp³-hybridized carbons (Fsp3) is 0.200. The van der Waals surface area contributed by atoms with Gasteiger partial charge in [0.2, 0.25) is 0 Å². The van der Waals surface area contributed by atoms with Gasteiger partial charge in [-0.3, -0.25) is 28.3 Å². The summed E-state index contributed by atoms with van der Waals surface area (Å²) in [7, 11) is 5.38. The van der Waals surface area contributed by atoms with Crippen LogP contribution in [0, 0.1) is 13.8 Å². The minimum atomic E-state index is -4.54. The van der Waals surface area contributed by atoms with Crippen LogP contribution < -0.4 is 31.4 Å². The number of rotatable bonds is 10. The number of nitrogens with one attached hydrogen (secondary N) is 2. The molecule has 61 heavy (non-hydrogen) atoms. The third-order valence-corrected chi connectivity index (χ3v) is 9.49. The Kier molecular flexibility index (Phi) is 13.9. The van der Waals surface area contributed by atoms with Crippen LogP contribution >= 0.6 is 0 Å². The second kappa shape index (κ2) is 18.9. The van der Waals surface area contributed by atoms with Gasteiger partial charge in [0.1, 0.15) is 16.9 Å². The molecule has 0 aliphatic rings. The fourth-order valence-electron chi connectivity index (χ4n) is 6.01. The number of ether oxygens (including phenoxy) is 1. The van der Waals surface area contributed by atoms with Crippen LogP contribution in [0.4, 0.5) is 32.0 Å². The van der Waals surface area contributed by atoms with Crippen LogP contribution in [-0.4, -0.2) is 42.2 Å². The summed E-state index contributed by atoms with van der Waals surface area (Å²) in [6, 6.07) is 26.5. The average Bonchev–Trinajstić information content (AvgIpc) is 3.22. The smallest absolute Gasteiger partial charge is 0.416 e. The Bertz CT molecular complexity index is 2630. The lowest BCUT2D eigenvalue weighted by Gasteiger charge is -2.14. The highest BCUT2D eigenvalue weighted by molar-refractivity contribution is 5.94. The largest absolute Gasteiger partial charge is 0.497 e. The Morgan fingerprint density at radius 3 is 1.36 bits per heavy atom. The molecule has 0 radical (unpaired) electrons. The van der Waals surface area contributed by atoms with Crippen molar-refractivity contribution < 1.29 is 40.7 Å². The molecule has 0 unspecified atom stereocenters. The molecule has 4 aromatic carbocycles. The number of hydrogen-bond donors (Lipinski definition) is 2. The monoisotopic (exact) mass is 845 g/mol. The maximum atomic E-state index is 13.1. The molecule has 2 amide bonds. The molecule has 0 saturated heterocycles. The first kappa shape index (κ1) is 45.0. The molecule has 2 heterocycles. The topological polar surface area (TPSA) is 115 Å². The predicted molar refractivity (Wildman–Crippen MR) is 220 cm³/mol. The Morgan fingerprint density at radius 1 is 0.607 bits per heavy atom. The van der Waals surface area contributed by atoms with Crippen molar-refractivity contribution in [2.24, 2.45) is 0 Å². The Morgan fingerprint density at radius 2 is 1.00 bits per heavy atom. The number of hydrogen-bond acceptors (Lipinski definition) is 6. The molecule has 0 bridgehead atoms. The molecular weight excluding hydrogens is 805 g/mol. The number of halogens is 6. The van der Waals surface area contributed by atoms with Crippen molar-refractivity contribution in [2.45, 2.75) is 39.3 Å². The van der Waals surface area contributed by atoms with Gasteiger partial charge in [0.15, 0.2) is 0 Å². The summed E-state index contributed by atoms with van der Waals surface area (Å²) in [6.07, 6.45) is -6.39. The molecule has 0 spiro atoms. The van der Waals surface area contributed by atoms with E-state index in [9.17, 15) is 45.5 Å². The van der Waals surface area contributed by atoms with Crippen molar-refractivity contribution >= 4 is 17.5 Å². The fourth-order valence-corrected chi connectivity index (χ4v) is 6.01. The lowest BCUT2D eigenvalue weighted by Crippen LogP contribution is -2.32. The highest BCUT2D eigenvalue weighted by atomic mass is 19.4. The first-order valence-corrected chi connectivity index (χ1v) is 18.5. The minimum Gasteiger partial charge on any atom is -0.497 e. The van der Waals surface area contributed by atoms with E-state index in [1.54, 1.807) is 45.2 Å². The third kappa shape index (κ3) is 11.1. The highest BCUT2D eigenvalue weighted by Crippen LogP contribution is 2.32. The van der Waals surface area contributed by atoms with Crippen molar-refractivity contribution in [2.75, 3.05) is 26.1 Å². The van der Waals surface area contributed by atoms with Gasteiger partial charge in [0, 0.05) is 45.3 Å². The number of pyridine rings is 2. The zero-order valence-corrected chi connectivity index (χ0v) is 33.6. The van der Waals surface area contributed by atoms with E-state index in [-0.39, 0.29) is 35.6 Å². The van der Waals surface area contributed by atoms with Gasteiger partial charge in [-0.1, -0.05) is 36.4 Å². The summed E-state index contributed by atoms with van der Waals surface area (Å²) in [5.41, 5.74) is 0.323. The molecule has 0 aliphatic heterocycles. The van der Waals surface area contributed by atoms with E-state index in [1.807, 2.05) is 43.3 Å². The number of aromatic nitrogens is 2. The van der Waals surface area contributed by atoms with Gasteiger partial charge in [-0.15, -0.1) is 0 Å². The molecule has 2 N–H and O–H groups in total. The molecule has 0 saturated carbocycles. The lowest BCUT2D eigenvalue weighted by atomic mass is 10.1. The molecule has 0 atom stereocenters. The number of benzene rings is 4. The van der Waals surface area contributed by atoms with Crippen molar-refractivity contribution in [1.29, 1.82) is 0 Å². The number of anilines is 1. The van der Waals surface area contributed by atoms with Crippen LogP contribution in [0.3, 0.4) is 0 Å². The Balaban J connectivity index is 0.000000231. The number of aryl methyl sites for hydroxylation is 2. The van der Waals surface area contributed by atoms with Gasteiger partial charge in [-0.05, 0) is 109 Å². The van der Waals surface area contributed by atoms with Crippen molar-refractivity contribution in [3.05, 3.63) is 187 Å². The van der Waals surface area contributed by atoms with Crippen LogP contribution in [0.5, 0.6) is 5.75 Å². The number of amides is 2. The summed E-state index contributed by atoms with van der Waals surface area (Å²) in [4.78, 5) is 52.8. The van der Waals surface area contributed by atoms with Crippen LogP contribution in [0.15, 0.2) is 131 Å². The summed E-state index contributed by atoms with van der Waals surface area (Å²) >= 11 is 0. The first-order chi connectivity index (χ1) is 28.8. The van der Waals surface area contributed by atoms with E-state index < -0.39 is 46.4 Å². The Labute approximate surface area is 346 Å². The van der Waals surface area contributed by atoms with Crippen LogP contribution in [-0.2, 0) is 25.4 Å². The van der Waals surface area contributed by atoms with Gasteiger partial charge < -0.3 is 20.3 Å². The van der Waals surface area contributed by atoms with Gasteiger partial charge in [-0.2, -0.15) is 26.3 Å². The third-order valence-electron chi connectivity index (χ3n) is 9.49. The van der Waals surface area contributed by atoms with Gasteiger partial charge in [0.05, 0.1) is 29.6 Å². The lowest BCUT2D eigenvalue weighted by molar-refractivity contribution is -0.138. The molecule has 6 rings (SSSR count). The molecule has 10 nitrogen and oxygen atoms in total. The molecule has 0 fully saturated rings. The second-order valence-electron chi connectivity index (χ2n) is 14.0. The maximum absolute atomic E-state index is 13.1. The number of nitrogens with zero attached hydrogens (tertiary/aromatic N) is 3. The van der Waals surface area contributed by atoms with Gasteiger partial charge >= 0.3 is 12.4 Å². The second-order valence-corrected chi connectivity index (χ2v) is 14.0. The Hall–Kier alpha value is -7.10. The molecule has 318 valence electrons. The summed E-state index contributed by atoms with van der Waals surface area (Å²) < 4.78 is 85.7. The molecule has 16 heteroatoms. The summed E-state index contributed by atoms with van der Waals surface area (Å²) in [5.74, 6) is -0.539. The minimum absolute atomic E-state index is 0.0691. The van der Waals surface area contributed by atoms with Crippen LogP contribution in [0.1, 0.15) is 54.1 Å². The van der Waals surface area contributed by atoms with E-state index in [0.29, 0.717) is 16.9 Å². The zero-order valence-electron chi connectivity index (χ0n) is 33.6. The molecule has 0 aliphatic carbocycles. The van der Waals surface area contributed by atoms with Gasteiger partial charge in [0.25, 0.3) is 22.9 Å². The SMILES string of the molecule is COc1ccc(CNC(=O)c2cccn(-c3cc(C(F)(F)F)ccc3C)c2=O)cc1.Cc1ccc(C(F)(F)F)cc1-n1cccc(C(=O)NCc2ccc(N(C)C)cc2)c1=O. The van der Waals surface area contributed by atoms with E-state index >= 15 is 0 Å². The van der Waals surface area contributed by atoms with E-state index in [0.717, 1.165) is 50.2 Å². The van der Waals surface area contributed by atoms with Crippen molar-refractivity contribution in [1.82, 2.24) is 19.8 Å². The normalized spacial score (nSPS) is 11.3. The average molecular weight is 846 g/mol. The number of carbonyl (C=O) groups is 2. The van der Waals surface area contributed by atoms with E-state index in [1.165, 1.54) is 48.8 Å². The highest BCUT2D eigenvalue weighted by Gasteiger charge is 2.32. The zero-order chi connectivity index (χ0) is 44.6. The molecule has 6 aromatic rings. The number of alkyl halides is 6. The maximum Gasteiger partial charge on any atom is 0.416 e. The number of carbonyl (C=O) groups excluding carboxylic acids is 2. The van der Waals surface area contributed by atoms with Crippen molar-refractivity contribution in [3.8, 4) is 17.1 Å².